The lowest BCUT2D eigenvalue weighted by Gasteiger charge is -2.41. The molecule has 0 aromatic heterocycles. The van der Waals surface area contributed by atoms with E-state index in [0.717, 1.165) is 48.7 Å². The van der Waals surface area contributed by atoms with Crippen LogP contribution in [0.15, 0.2) is 36.4 Å². The van der Waals surface area contributed by atoms with Crippen LogP contribution in [0.5, 0.6) is 5.75 Å². The molecule has 2 aromatic rings. The number of nitrogens with zero attached hydrogens (tertiary/aromatic N) is 1. The van der Waals surface area contributed by atoms with Crippen LogP contribution in [0.4, 0.5) is 0 Å². The van der Waals surface area contributed by atoms with E-state index in [4.69, 9.17) is 26.2 Å². The number of morpholine rings is 1. The van der Waals surface area contributed by atoms with Crippen molar-refractivity contribution in [2.45, 2.75) is 44.8 Å². The van der Waals surface area contributed by atoms with Crippen LogP contribution >= 0.6 is 24.0 Å². The number of benzene rings is 2. The van der Waals surface area contributed by atoms with E-state index >= 15 is 0 Å². The zero-order valence-electron chi connectivity index (χ0n) is 17.7. The lowest BCUT2D eigenvalue weighted by atomic mass is 9.93. The highest BCUT2D eigenvalue weighted by Crippen LogP contribution is 2.43. The number of halogens is 2. The fraction of sp³-hybridized carbons (Fsp3) is 0.458. The average molecular weight is 466 g/mol. The van der Waals surface area contributed by atoms with Crippen LogP contribution in [0.3, 0.4) is 0 Å². The van der Waals surface area contributed by atoms with Crippen LogP contribution in [0.1, 0.15) is 42.0 Å². The molecule has 4 rings (SSSR count). The second kappa shape index (κ2) is 10.2. The van der Waals surface area contributed by atoms with Crippen molar-refractivity contribution in [3.8, 4) is 5.75 Å². The number of fused-ring (bicyclic) bond motifs is 2. The maximum Gasteiger partial charge on any atom is 0.304 e. The van der Waals surface area contributed by atoms with Crippen molar-refractivity contribution >= 4 is 30.0 Å². The number of aliphatic carboxylic acids is 1. The largest absolute Gasteiger partial charge is 0.489 e. The van der Waals surface area contributed by atoms with Crippen LogP contribution < -0.4 is 4.74 Å². The van der Waals surface area contributed by atoms with Gasteiger partial charge in [0.05, 0.1) is 13.0 Å². The topological polar surface area (TPSA) is 59.0 Å². The quantitative estimate of drug-likeness (QED) is 0.632. The minimum absolute atomic E-state index is 0. The Morgan fingerprint density at radius 2 is 2.16 bits per heavy atom. The van der Waals surface area contributed by atoms with Gasteiger partial charge in [0.15, 0.2) is 0 Å². The zero-order chi connectivity index (χ0) is 21.1. The predicted octanol–water partition coefficient (Wildman–Crippen LogP) is 4.85. The molecule has 0 unspecified atom stereocenters. The van der Waals surface area contributed by atoms with Gasteiger partial charge in [0.1, 0.15) is 18.0 Å². The maximum absolute atomic E-state index is 10.9. The lowest BCUT2D eigenvalue weighted by molar-refractivity contribution is -0.140. The normalized spacial score (nSPS) is 20.3. The first-order valence-electron chi connectivity index (χ1n) is 10.6. The number of hydrogen-bond acceptors (Lipinski definition) is 4. The Morgan fingerprint density at radius 3 is 2.94 bits per heavy atom. The minimum Gasteiger partial charge on any atom is -0.489 e. The number of rotatable bonds is 7. The molecule has 1 aliphatic carbocycles. The first-order chi connectivity index (χ1) is 14.5. The van der Waals surface area contributed by atoms with Crippen molar-refractivity contribution < 1.29 is 19.4 Å². The van der Waals surface area contributed by atoms with Crippen LogP contribution in [0.25, 0.3) is 0 Å². The monoisotopic (exact) mass is 465 g/mol. The summed E-state index contributed by atoms with van der Waals surface area (Å²) in [5.74, 6) is 0.0835. The summed E-state index contributed by atoms with van der Waals surface area (Å²) in [6, 6.07) is 12.2. The summed E-state index contributed by atoms with van der Waals surface area (Å²) in [7, 11) is 0. The fourth-order valence-electron chi connectivity index (χ4n) is 4.65. The third-order valence-corrected chi connectivity index (χ3v) is 6.61. The first-order valence-corrected chi connectivity index (χ1v) is 11.0. The molecule has 1 atom stereocenters. The van der Waals surface area contributed by atoms with Gasteiger partial charge in [-0.2, -0.15) is 0 Å². The smallest absolute Gasteiger partial charge is 0.304 e. The van der Waals surface area contributed by atoms with Gasteiger partial charge in [-0.05, 0) is 54.2 Å². The molecule has 0 saturated carbocycles. The van der Waals surface area contributed by atoms with E-state index < -0.39 is 5.97 Å². The van der Waals surface area contributed by atoms with Crippen molar-refractivity contribution in [2.75, 3.05) is 26.2 Å². The van der Waals surface area contributed by atoms with E-state index in [1.165, 1.54) is 16.7 Å². The molecule has 1 fully saturated rings. The van der Waals surface area contributed by atoms with Gasteiger partial charge in [-0.15, -0.1) is 12.4 Å². The first kappa shape index (κ1) is 23.9. The molecule has 5 nitrogen and oxygen atoms in total. The molecule has 7 heteroatoms. The van der Waals surface area contributed by atoms with E-state index in [0.29, 0.717) is 19.8 Å². The van der Waals surface area contributed by atoms with Gasteiger partial charge in [0, 0.05) is 30.2 Å². The molecule has 2 aliphatic rings. The third kappa shape index (κ3) is 5.17. The minimum atomic E-state index is -0.756. The van der Waals surface area contributed by atoms with Crippen molar-refractivity contribution in [2.24, 2.45) is 0 Å². The van der Waals surface area contributed by atoms with Crippen molar-refractivity contribution in [1.82, 2.24) is 4.90 Å². The number of aryl methyl sites for hydroxylation is 2. The number of ether oxygens (including phenoxy) is 2. The van der Waals surface area contributed by atoms with Gasteiger partial charge in [-0.3, -0.25) is 9.69 Å². The van der Waals surface area contributed by atoms with Gasteiger partial charge < -0.3 is 14.6 Å². The average Bonchev–Trinajstić information content (AvgIpc) is 3.08. The molecule has 0 amide bonds. The number of carbonyl (C=O) groups is 1. The van der Waals surface area contributed by atoms with Crippen molar-refractivity contribution in [3.05, 3.63) is 63.7 Å². The van der Waals surface area contributed by atoms with Crippen molar-refractivity contribution in [1.29, 1.82) is 0 Å². The van der Waals surface area contributed by atoms with E-state index in [1.807, 2.05) is 18.2 Å². The molecule has 1 spiro atoms. The molecular formula is C24H29Cl2NO4. The lowest BCUT2D eigenvalue weighted by Crippen LogP contribution is -2.49. The Hall–Kier alpha value is -1.79. The Bertz CT molecular complexity index is 936. The molecule has 2 aromatic carbocycles. The van der Waals surface area contributed by atoms with E-state index in [-0.39, 0.29) is 24.4 Å². The highest BCUT2D eigenvalue weighted by molar-refractivity contribution is 6.31. The molecule has 1 saturated heterocycles. The second-order valence-corrected chi connectivity index (χ2v) is 8.51. The molecule has 1 N–H and O–H groups in total. The number of carboxylic acid groups (broad SMARTS) is 1. The Labute approximate surface area is 194 Å². The highest BCUT2D eigenvalue weighted by atomic mass is 35.5. The fourth-order valence-corrected chi connectivity index (χ4v) is 4.90. The Kier molecular flexibility index (Phi) is 7.87. The molecule has 0 bridgehead atoms. The predicted molar refractivity (Wildman–Crippen MR) is 123 cm³/mol. The summed E-state index contributed by atoms with van der Waals surface area (Å²) in [6.45, 7) is 5.29. The summed E-state index contributed by atoms with van der Waals surface area (Å²) in [4.78, 5) is 13.1. The van der Waals surface area contributed by atoms with Gasteiger partial charge in [-0.1, -0.05) is 36.7 Å². The van der Waals surface area contributed by atoms with Crippen molar-refractivity contribution in [3.63, 3.8) is 0 Å². The molecule has 168 valence electrons. The third-order valence-electron chi connectivity index (χ3n) is 6.25. The van der Waals surface area contributed by atoms with Crippen LogP contribution in [-0.4, -0.2) is 42.2 Å². The number of hydrogen-bond donors (Lipinski definition) is 1. The van der Waals surface area contributed by atoms with Gasteiger partial charge in [0.2, 0.25) is 0 Å². The second-order valence-electron chi connectivity index (χ2n) is 8.10. The van der Waals surface area contributed by atoms with Crippen LogP contribution in [0, 0.1) is 0 Å². The summed E-state index contributed by atoms with van der Waals surface area (Å²) in [5.41, 5.74) is 4.38. The molecular weight excluding hydrogens is 437 g/mol. The molecule has 1 aliphatic heterocycles. The maximum atomic E-state index is 10.9. The summed E-state index contributed by atoms with van der Waals surface area (Å²) >= 11 is 6.39. The van der Waals surface area contributed by atoms with Gasteiger partial charge >= 0.3 is 5.97 Å². The van der Waals surface area contributed by atoms with Crippen LogP contribution in [-0.2, 0) is 34.6 Å². The molecule has 1 heterocycles. The SMILES string of the molecule is CCc1cccc(Cl)c1COc1ccc2c(c1)CC[C@@]21CN(CCC(=O)O)CCO1.Cl. The van der Waals surface area contributed by atoms with Crippen LogP contribution in [0.2, 0.25) is 5.02 Å². The Morgan fingerprint density at radius 1 is 1.32 bits per heavy atom. The summed E-state index contributed by atoms with van der Waals surface area (Å²) in [6.07, 6.45) is 2.94. The van der Waals surface area contributed by atoms with E-state index in [9.17, 15) is 4.79 Å². The van der Waals surface area contributed by atoms with Gasteiger partial charge in [0.25, 0.3) is 0 Å². The molecule has 0 radical (unpaired) electrons. The van der Waals surface area contributed by atoms with E-state index in [1.54, 1.807) is 0 Å². The zero-order valence-corrected chi connectivity index (χ0v) is 19.3. The van der Waals surface area contributed by atoms with E-state index in [2.05, 4.69) is 30.0 Å². The number of carboxylic acids is 1. The Balaban J connectivity index is 0.00000272. The van der Waals surface area contributed by atoms with Gasteiger partial charge in [-0.25, -0.2) is 0 Å². The summed E-state index contributed by atoms with van der Waals surface area (Å²) in [5, 5.41) is 9.73. The standard InChI is InChI=1S/C24H28ClNO4.ClH/c1-2-17-4-3-5-22(25)20(17)15-29-19-6-7-21-18(14-19)8-10-24(21)16-26(12-13-30-24)11-9-23(27)28;/h3-7,14H,2,8-13,15-16H2,1H3,(H,27,28);1H/t24-;/m1./s1. The summed E-state index contributed by atoms with van der Waals surface area (Å²) < 4.78 is 12.4. The molecule has 31 heavy (non-hydrogen) atoms. The highest BCUT2D eigenvalue weighted by Gasteiger charge is 2.43.